The van der Waals surface area contributed by atoms with Crippen molar-refractivity contribution in [3.63, 3.8) is 0 Å². The van der Waals surface area contributed by atoms with Crippen molar-refractivity contribution >= 4 is 27.7 Å². The quantitative estimate of drug-likeness (QED) is 0.865. The zero-order valence-corrected chi connectivity index (χ0v) is 12.7. The third-order valence-electron chi connectivity index (χ3n) is 3.43. The second-order valence-corrected chi connectivity index (χ2v) is 5.70. The van der Waals surface area contributed by atoms with Crippen LogP contribution in [-0.4, -0.2) is 36.3 Å². The molecular formula is C14H18BrN3O2. The number of halogens is 1. The smallest absolute Gasteiger partial charge is 0.242 e. The second kappa shape index (κ2) is 6.85. The van der Waals surface area contributed by atoms with E-state index in [9.17, 15) is 9.59 Å². The number of nitrogens with one attached hydrogen (secondary N) is 1. The van der Waals surface area contributed by atoms with Crippen molar-refractivity contribution in [2.75, 3.05) is 19.6 Å². The lowest BCUT2D eigenvalue weighted by molar-refractivity contribution is -0.133. The Bertz CT molecular complexity index is 507. The maximum absolute atomic E-state index is 12.2. The highest BCUT2D eigenvalue weighted by molar-refractivity contribution is 9.10. The summed E-state index contributed by atoms with van der Waals surface area (Å²) < 4.78 is 1.01. The zero-order valence-electron chi connectivity index (χ0n) is 11.1. The minimum absolute atomic E-state index is 0.0144. The first-order chi connectivity index (χ1) is 9.61. The van der Waals surface area contributed by atoms with Gasteiger partial charge in [-0.25, -0.2) is 0 Å². The van der Waals surface area contributed by atoms with E-state index in [1.807, 2.05) is 29.2 Å². The summed E-state index contributed by atoms with van der Waals surface area (Å²) in [7, 11) is 0. The van der Waals surface area contributed by atoms with Gasteiger partial charge in [0.25, 0.3) is 0 Å². The highest BCUT2D eigenvalue weighted by atomic mass is 79.9. The van der Waals surface area contributed by atoms with E-state index in [-0.39, 0.29) is 30.9 Å². The van der Waals surface area contributed by atoms with Gasteiger partial charge in [-0.05, 0) is 30.5 Å². The third kappa shape index (κ3) is 3.58. The number of carbonyl (C=O) groups excluding carboxylic acids is 2. The lowest BCUT2D eigenvalue weighted by Crippen LogP contribution is -2.41. The molecule has 1 unspecified atom stereocenters. The zero-order chi connectivity index (χ0) is 14.5. The van der Waals surface area contributed by atoms with Gasteiger partial charge in [0, 0.05) is 11.0 Å². The molecule has 108 valence electrons. The average Bonchev–Trinajstić information content (AvgIpc) is 2.93. The van der Waals surface area contributed by atoms with Crippen molar-refractivity contribution in [1.29, 1.82) is 0 Å². The summed E-state index contributed by atoms with van der Waals surface area (Å²) in [5, 5.41) is 2.53. The monoisotopic (exact) mass is 339 g/mol. The number of rotatable bonds is 4. The van der Waals surface area contributed by atoms with Crippen LogP contribution in [0.25, 0.3) is 0 Å². The van der Waals surface area contributed by atoms with E-state index in [1.54, 1.807) is 0 Å². The van der Waals surface area contributed by atoms with Crippen LogP contribution in [0.5, 0.6) is 0 Å². The number of likely N-dealkylation sites (tertiary alicyclic amines) is 1. The molecule has 0 aromatic heterocycles. The van der Waals surface area contributed by atoms with Crippen molar-refractivity contribution in [2.45, 2.75) is 18.9 Å². The molecule has 1 heterocycles. The molecule has 1 saturated heterocycles. The topological polar surface area (TPSA) is 75.4 Å². The van der Waals surface area contributed by atoms with Crippen LogP contribution in [0.1, 0.15) is 24.4 Å². The Labute approximate surface area is 126 Å². The molecule has 0 spiro atoms. The number of nitrogens with two attached hydrogens (primary N) is 1. The Morgan fingerprint density at radius 3 is 2.95 bits per heavy atom. The van der Waals surface area contributed by atoms with E-state index in [1.165, 1.54) is 0 Å². The fourth-order valence-electron chi connectivity index (χ4n) is 2.47. The van der Waals surface area contributed by atoms with Gasteiger partial charge in [-0.2, -0.15) is 0 Å². The number of benzene rings is 1. The average molecular weight is 340 g/mol. The van der Waals surface area contributed by atoms with Gasteiger partial charge in [0.2, 0.25) is 11.8 Å². The largest absolute Gasteiger partial charge is 0.346 e. The summed E-state index contributed by atoms with van der Waals surface area (Å²) in [4.78, 5) is 25.1. The van der Waals surface area contributed by atoms with Gasteiger partial charge in [0.05, 0.1) is 19.1 Å². The Kier molecular flexibility index (Phi) is 5.14. The lowest BCUT2D eigenvalue weighted by atomic mass is 10.0. The summed E-state index contributed by atoms with van der Waals surface area (Å²) in [6.07, 6.45) is 1.93. The number of nitrogens with zero attached hydrogens (tertiary/aromatic N) is 1. The minimum atomic E-state index is -0.309. The minimum Gasteiger partial charge on any atom is -0.346 e. The van der Waals surface area contributed by atoms with Crippen LogP contribution in [-0.2, 0) is 9.59 Å². The van der Waals surface area contributed by atoms with Gasteiger partial charge in [-0.3, -0.25) is 9.59 Å². The summed E-state index contributed by atoms with van der Waals surface area (Å²) in [6, 6.07) is 8.09. The van der Waals surface area contributed by atoms with E-state index >= 15 is 0 Å². The molecule has 6 heteroatoms. The molecular weight excluding hydrogens is 322 g/mol. The molecule has 5 nitrogen and oxygen atoms in total. The van der Waals surface area contributed by atoms with Crippen molar-refractivity contribution in [2.24, 2.45) is 5.73 Å². The summed E-state index contributed by atoms with van der Waals surface area (Å²) in [5.41, 5.74) is 6.33. The molecule has 0 aliphatic carbocycles. The molecule has 0 radical (unpaired) electrons. The first-order valence-electron chi connectivity index (χ1n) is 6.63. The molecule has 20 heavy (non-hydrogen) atoms. The van der Waals surface area contributed by atoms with Crippen LogP contribution in [0.2, 0.25) is 0 Å². The van der Waals surface area contributed by atoms with Crippen molar-refractivity contribution in [3.05, 3.63) is 34.3 Å². The van der Waals surface area contributed by atoms with Crippen LogP contribution in [0, 0.1) is 0 Å². The molecule has 1 fully saturated rings. The van der Waals surface area contributed by atoms with Gasteiger partial charge < -0.3 is 16.0 Å². The molecule has 1 aromatic carbocycles. The van der Waals surface area contributed by atoms with Gasteiger partial charge in [-0.15, -0.1) is 0 Å². The van der Waals surface area contributed by atoms with Crippen molar-refractivity contribution in [3.8, 4) is 0 Å². The van der Waals surface area contributed by atoms with Crippen LogP contribution in [0.15, 0.2) is 28.7 Å². The van der Waals surface area contributed by atoms with Gasteiger partial charge in [0.15, 0.2) is 0 Å². The predicted octanol–water partition coefficient (Wildman–Crippen LogP) is 1.19. The molecule has 0 bridgehead atoms. The van der Waals surface area contributed by atoms with E-state index in [0.717, 1.165) is 29.4 Å². The summed E-state index contributed by atoms with van der Waals surface area (Å²) in [6.45, 7) is 0.650. The predicted molar refractivity (Wildman–Crippen MR) is 79.9 cm³/mol. The molecule has 0 saturated carbocycles. The number of amides is 2. The highest BCUT2D eigenvalue weighted by Gasteiger charge is 2.29. The number of hydrogen-bond acceptors (Lipinski definition) is 3. The Hall–Kier alpha value is -1.40. The van der Waals surface area contributed by atoms with Crippen LogP contribution in [0.3, 0.4) is 0 Å². The highest BCUT2D eigenvalue weighted by Crippen LogP contribution is 2.32. The van der Waals surface area contributed by atoms with Gasteiger partial charge in [-0.1, -0.05) is 28.1 Å². The van der Waals surface area contributed by atoms with Crippen LogP contribution >= 0.6 is 15.9 Å². The number of carbonyl (C=O) groups is 2. The first kappa shape index (κ1) is 15.0. The number of hydrogen-bond donors (Lipinski definition) is 2. The molecule has 2 amide bonds. The van der Waals surface area contributed by atoms with Crippen molar-refractivity contribution < 1.29 is 9.59 Å². The standard InChI is InChI=1S/C14H18BrN3O2/c15-11-4-1-3-10(7-11)12-5-2-6-18(12)14(20)9-17-13(19)8-16/h1,3-4,7,12H,2,5-6,8-9,16H2,(H,17,19). The van der Waals surface area contributed by atoms with Crippen LogP contribution < -0.4 is 11.1 Å². The van der Waals surface area contributed by atoms with E-state index in [0.29, 0.717) is 0 Å². The fourth-order valence-corrected chi connectivity index (χ4v) is 2.89. The molecule has 1 aromatic rings. The van der Waals surface area contributed by atoms with Crippen LogP contribution in [0.4, 0.5) is 0 Å². The van der Waals surface area contributed by atoms with Crippen molar-refractivity contribution in [1.82, 2.24) is 10.2 Å². The second-order valence-electron chi connectivity index (χ2n) is 4.78. The molecule has 2 rings (SSSR count). The molecule has 1 aliphatic rings. The SMILES string of the molecule is NCC(=O)NCC(=O)N1CCCC1c1cccc(Br)c1. The van der Waals surface area contributed by atoms with E-state index in [2.05, 4.69) is 21.2 Å². The third-order valence-corrected chi connectivity index (χ3v) is 3.92. The maximum atomic E-state index is 12.2. The Balaban J connectivity index is 2.03. The molecule has 3 N–H and O–H groups in total. The lowest BCUT2D eigenvalue weighted by Gasteiger charge is -2.25. The fraction of sp³-hybridized carbons (Fsp3) is 0.429. The Morgan fingerprint density at radius 1 is 1.45 bits per heavy atom. The Morgan fingerprint density at radius 2 is 2.25 bits per heavy atom. The first-order valence-corrected chi connectivity index (χ1v) is 7.43. The molecule has 1 atom stereocenters. The molecule has 1 aliphatic heterocycles. The maximum Gasteiger partial charge on any atom is 0.242 e. The van der Waals surface area contributed by atoms with Gasteiger partial charge in [0.1, 0.15) is 0 Å². The summed E-state index contributed by atoms with van der Waals surface area (Å²) >= 11 is 3.45. The van der Waals surface area contributed by atoms with E-state index in [4.69, 9.17) is 5.73 Å². The van der Waals surface area contributed by atoms with Gasteiger partial charge >= 0.3 is 0 Å². The normalized spacial score (nSPS) is 18.1. The van der Waals surface area contributed by atoms with E-state index < -0.39 is 0 Å². The summed E-state index contributed by atoms with van der Waals surface area (Å²) in [5.74, 6) is -0.370.